The van der Waals surface area contributed by atoms with Gasteiger partial charge in [-0.25, -0.2) is 8.42 Å². The molecule has 7 heteroatoms. The third-order valence-corrected chi connectivity index (χ3v) is 5.28. The molecule has 2 aromatic rings. The molecule has 4 nitrogen and oxygen atoms in total. The van der Waals surface area contributed by atoms with Crippen molar-refractivity contribution in [3.05, 3.63) is 51.5 Å². The first-order chi connectivity index (χ1) is 9.83. The van der Waals surface area contributed by atoms with E-state index in [-0.39, 0.29) is 9.92 Å². The number of hydrogen-bond acceptors (Lipinski definition) is 3. The van der Waals surface area contributed by atoms with Crippen LogP contribution in [0, 0.1) is 0 Å². The summed E-state index contributed by atoms with van der Waals surface area (Å²) in [6.45, 7) is 1.95. The van der Waals surface area contributed by atoms with Gasteiger partial charge in [-0.3, -0.25) is 4.72 Å². The molecule has 0 unspecified atom stereocenters. The number of benzene rings is 2. The van der Waals surface area contributed by atoms with Crippen molar-refractivity contribution in [3.8, 4) is 0 Å². The quantitative estimate of drug-likeness (QED) is 0.775. The molecule has 0 amide bonds. The van der Waals surface area contributed by atoms with Crippen molar-refractivity contribution < 1.29 is 8.42 Å². The van der Waals surface area contributed by atoms with E-state index in [1.54, 1.807) is 12.1 Å². The lowest BCUT2D eigenvalue weighted by molar-refractivity contribution is 0.601. The summed E-state index contributed by atoms with van der Waals surface area (Å²) in [4.78, 5) is 0.00309. The maximum Gasteiger partial charge on any atom is 0.263 e. The molecule has 0 heterocycles. The van der Waals surface area contributed by atoms with Crippen LogP contribution < -0.4 is 10.5 Å². The van der Waals surface area contributed by atoms with Crippen LogP contribution in [0.4, 0.5) is 11.4 Å². The molecule has 0 aliphatic rings. The van der Waals surface area contributed by atoms with Gasteiger partial charge in [0.25, 0.3) is 10.0 Å². The van der Waals surface area contributed by atoms with Crippen molar-refractivity contribution in [2.75, 3.05) is 10.5 Å². The molecule has 2 aromatic carbocycles. The highest BCUT2D eigenvalue weighted by Gasteiger charge is 2.19. The topological polar surface area (TPSA) is 72.2 Å². The minimum atomic E-state index is -3.76. The van der Waals surface area contributed by atoms with Crippen LogP contribution in [0.25, 0.3) is 0 Å². The fourth-order valence-corrected chi connectivity index (χ4v) is 3.95. The van der Waals surface area contributed by atoms with E-state index in [2.05, 4.69) is 20.7 Å². The van der Waals surface area contributed by atoms with E-state index in [0.717, 1.165) is 10.0 Å². The van der Waals surface area contributed by atoms with E-state index in [4.69, 9.17) is 17.3 Å². The Labute approximate surface area is 137 Å². The third kappa shape index (κ3) is 3.70. The number of nitrogen functional groups attached to an aromatic ring is 1. The van der Waals surface area contributed by atoms with Crippen LogP contribution in [0.15, 0.2) is 45.8 Å². The third-order valence-electron chi connectivity index (χ3n) is 2.94. The first kappa shape index (κ1) is 16.1. The predicted molar refractivity (Wildman–Crippen MR) is 90.2 cm³/mol. The Balaban J connectivity index is 2.42. The van der Waals surface area contributed by atoms with E-state index in [1.807, 2.05) is 13.0 Å². The van der Waals surface area contributed by atoms with Crippen LogP contribution in [0.1, 0.15) is 12.5 Å². The molecule has 0 aliphatic heterocycles. The predicted octanol–water partition coefficient (Wildman–Crippen LogP) is 4.05. The zero-order chi connectivity index (χ0) is 15.6. The lowest BCUT2D eigenvalue weighted by Gasteiger charge is -2.13. The summed E-state index contributed by atoms with van der Waals surface area (Å²) in [5.74, 6) is 0. The number of nitrogens with one attached hydrogen (secondary N) is 1. The largest absolute Gasteiger partial charge is 0.399 e. The van der Waals surface area contributed by atoms with Gasteiger partial charge in [0.05, 0.1) is 10.7 Å². The van der Waals surface area contributed by atoms with Crippen LogP contribution in [0.3, 0.4) is 0 Å². The molecule has 0 radical (unpaired) electrons. The molecule has 0 fully saturated rings. The second-order valence-electron chi connectivity index (χ2n) is 4.45. The van der Waals surface area contributed by atoms with E-state index < -0.39 is 10.0 Å². The molecule has 0 saturated heterocycles. The summed E-state index contributed by atoms with van der Waals surface area (Å²) in [6, 6.07) is 9.68. The number of sulfonamides is 1. The van der Waals surface area contributed by atoms with Gasteiger partial charge in [-0.2, -0.15) is 0 Å². The molecular weight excluding hydrogens is 376 g/mol. The maximum atomic E-state index is 12.4. The van der Waals surface area contributed by atoms with Crippen molar-refractivity contribution >= 4 is 48.9 Å². The van der Waals surface area contributed by atoms with Crippen molar-refractivity contribution in [1.82, 2.24) is 0 Å². The van der Waals surface area contributed by atoms with Gasteiger partial charge < -0.3 is 5.73 Å². The lowest BCUT2D eigenvalue weighted by Crippen LogP contribution is -2.14. The zero-order valence-corrected chi connectivity index (χ0v) is 14.4. The minimum absolute atomic E-state index is 0.00309. The Hall–Kier alpha value is -1.24. The average molecular weight is 390 g/mol. The molecule has 2 rings (SSSR count). The summed E-state index contributed by atoms with van der Waals surface area (Å²) in [5, 5.41) is 0.0951. The van der Waals surface area contributed by atoms with Crippen LogP contribution in [0.2, 0.25) is 5.02 Å². The van der Waals surface area contributed by atoms with Gasteiger partial charge in [0.2, 0.25) is 0 Å². The Morgan fingerprint density at radius 2 is 1.95 bits per heavy atom. The van der Waals surface area contributed by atoms with Crippen molar-refractivity contribution in [2.24, 2.45) is 0 Å². The van der Waals surface area contributed by atoms with E-state index in [1.165, 1.54) is 18.2 Å². The molecule has 0 atom stereocenters. The highest BCUT2D eigenvalue weighted by atomic mass is 79.9. The van der Waals surface area contributed by atoms with Crippen molar-refractivity contribution in [2.45, 2.75) is 18.2 Å². The van der Waals surface area contributed by atoms with Crippen LogP contribution in [-0.4, -0.2) is 8.42 Å². The zero-order valence-electron chi connectivity index (χ0n) is 11.2. The normalized spacial score (nSPS) is 11.4. The van der Waals surface area contributed by atoms with Crippen molar-refractivity contribution in [1.29, 1.82) is 0 Å². The van der Waals surface area contributed by atoms with Crippen LogP contribution in [-0.2, 0) is 16.4 Å². The molecule has 0 bridgehead atoms. The number of hydrogen-bond donors (Lipinski definition) is 2. The Morgan fingerprint density at radius 3 is 2.57 bits per heavy atom. The highest BCUT2D eigenvalue weighted by Crippen LogP contribution is 2.28. The molecule has 0 spiro atoms. The smallest absolute Gasteiger partial charge is 0.263 e. The SMILES string of the molecule is CCc1cc(Br)ccc1NS(=O)(=O)c1ccc(N)cc1Cl. The Kier molecular flexibility index (Phi) is 4.81. The fourth-order valence-electron chi connectivity index (χ4n) is 1.89. The Bertz CT molecular complexity index is 779. The number of rotatable bonds is 4. The Morgan fingerprint density at radius 1 is 1.24 bits per heavy atom. The molecular formula is C14H14BrClN2O2S. The van der Waals surface area contributed by atoms with Gasteiger partial charge in [-0.05, 0) is 48.4 Å². The summed E-state index contributed by atoms with van der Waals surface area (Å²) in [7, 11) is -3.76. The van der Waals surface area contributed by atoms with Gasteiger partial charge in [0.1, 0.15) is 4.90 Å². The second-order valence-corrected chi connectivity index (χ2v) is 7.42. The molecule has 21 heavy (non-hydrogen) atoms. The van der Waals surface area contributed by atoms with Gasteiger partial charge in [0.15, 0.2) is 0 Å². The second kappa shape index (κ2) is 6.25. The van der Waals surface area contributed by atoms with Gasteiger partial charge >= 0.3 is 0 Å². The summed E-state index contributed by atoms with van der Waals surface area (Å²) in [5.41, 5.74) is 7.42. The van der Waals surface area contributed by atoms with Gasteiger partial charge in [0, 0.05) is 10.2 Å². The van der Waals surface area contributed by atoms with Gasteiger partial charge in [-0.1, -0.05) is 34.5 Å². The van der Waals surface area contributed by atoms with Crippen LogP contribution >= 0.6 is 27.5 Å². The molecule has 0 saturated carbocycles. The first-order valence-corrected chi connectivity index (χ1v) is 8.85. The molecule has 112 valence electrons. The summed E-state index contributed by atoms with van der Waals surface area (Å²) < 4.78 is 28.3. The van der Waals surface area contributed by atoms with E-state index in [0.29, 0.717) is 17.8 Å². The number of nitrogens with two attached hydrogens (primary N) is 1. The number of halogens is 2. The number of aryl methyl sites for hydroxylation is 1. The number of anilines is 2. The highest BCUT2D eigenvalue weighted by molar-refractivity contribution is 9.10. The summed E-state index contributed by atoms with van der Waals surface area (Å²) in [6.07, 6.45) is 0.701. The maximum absolute atomic E-state index is 12.4. The first-order valence-electron chi connectivity index (χ1n) is 6.19. The summed E-state index contributed by atoms with van der Waals surface area (Å²) >= 11 is 9.34. The monoisotopic (exact) mass is 388 g/mol. The minimum Gasteiger partial charge on any atom is -0.399 e. The van der Waals surface area contributed by atoms with E-state index in [9.17, 15) is 8.42 Å². The van der Waals surface area contributed by atoms with Crippen LogP contribution in [0.5, 0.6) is 0 Å². The molecule has 0 aromatic heterocycles. The van der Waals surface area contributed by atoms with E-state index >= 15 is 0 Å². The molecule has 3 N–H and O–H groups in total. The average Bonchev–Trinajstić information content (AvgIpc) is 2.40. The molecule has 0 aliphatic carbocycles. The van der Waals surface area contributed by atoms with Gasteiger partial charge in [-0.15, -0.1) is 0 Å². The fraction of sp³-hybridized carbons (Fsp3) is 0.143. The lowest BCUT2D eigenvalue weighted by atomic mass is 10.1. The standard InChI is InChI=1S/C14H14BrClN2O2S/c1-2-9-7-10(15)3-5-13(9)18-21(19,20)14-6-4-11(17)8-12(14)16/h3-8,18H,2,17H2,1H3. The van der Waals surface area contributed by atoms with Crippen molar-refractivity contribution in [3.63, 3.8) is 0 Å².